The van der Waals surface area contributed by atoms with Crippen LogP contribution in [0, 0.1) is 5.92 Å². The Morgan fingerprint density at radius 2 is 1.91 bits per heavy atom. The zero-order chi connectivity index (χ0) is 15.9. The Bertz CT molecular complexity index is 503. The van der Waals surface area contributed by atoms with E-state index in [-0.39, 0.29) is 12.1 Å². The fourth-order valence-corrected chi connectivity index (χ4v) is 2.37. The Labute approximate surface area is 132 Å². The van der Waals surface area contributed by atoms with Crippen molar-refractivity contribution in [1.29, 1.82) is 0 Å². The summed E-state index contributed by atoms with van der Waals surface area (Å²) >= 11 is 0. The van der Waals surface area contributed by atoms with Crippen molar-refractivity contribution in [2.75, 3.05) is 19.8 Å². The molecular weight excluding hydrogens is 280 g/mol. The smallest absolute Gasteiger partial charge is 0.315 e. The third kappa shape index (κ3) is 4.83. The average molecular weight is 306 g/mol. The van der Waals surface area contributed by atoms with Gasteiger partial charge in [0, 0.05) is 6.54 Å². The largest absolute Gasteiger partial charge is 0.486 e. The molecule has 0 aromatic heterocycles. The normalized spacial score (nSPS) is 14.5. The molecule has 1 atom stereocenters. The maximum atomic E-state index is 11.9. The number of nitrogens with one attached hydrogen (secondary N) is 2. The van der Waals surface area contributed by atoms with Crippen LogP contribution in [0.1, 0.15) is 45.2 Å². The van der Waals surface area contributed by atoms with E-state index in [0.717, 1.165) is 29.9 Å². The molecule has 0 saturated carbocycles. The van der Waals surface area contributed by atoms with Gasteiger partial charge in [0.15, 0.2) is 11.5 Å². The lowest BCUT2D eigenvalue weighted by Gasteiger charge is -2.21. The van der Waals surface area contributed by atoms with Gasteiger partial charge in [0.1, 0.15) is 13.2 Å². The van der Waals surface area contributed by atoms with E-state index in [2.05, 4.69) is 24.5 Å². The Hall–Kier alpha value is -1.91. The fourth-order valence-electron chi connectivity index (χ4n) is 2.37. The second-order valence-corrected chi connectivity index (χ2v) is 6.06. The summed E-state index contributed by atoms with van der Waals surface area (Å²) < 4.78 is 11.1. The first kappa shape index (κ1) is 16.5. The molecular formula is C17H26N2O3. The van der Waals surface area contributed by atoms with Crippen LogP contribution in [0.25, 0.3) is 0 Å². The first-order valence-corrected chi connectivity index (χ1v) is 8.00. The number of ether oxygens (including phenoxy) is 2. The van der Waals surface area contributed by atoms with E-state index >= 15 is 0 Å². The highest BCUT2D eigenvalue weighted by Crippen LogP contribution is 2.32. The third-order valence-corrected chi connectivity index (χ3v) is 3.66. The molecule has 5 heteroatoms. The predicted molar refractivity (Wildman–Crippen MR) is 86.5 cm³/mol. The van der Waals surface area contributed by atoms with Gasteiger partial charge in [-0.2, -0.15) is 0 Å². The molecule has 1 aromatic carbocycles. The van der Waals surface area contributed by atoms with Gasteiger partial charge in [-0.3, -0.25) is 0 Å². The summed E-state index contributed by atoms with van der Waals surface area (Å²) in [6.07, 6.45) is 2.13. The van der Waals surface area contributed by atoms with Crippen LogP contribution in [0.3, 0.4) is 0 Å². The zero-order valence-corrected chi connectivity index (χ0v) is 13.6. The van der Waals surface area contributed by atoms with Gasteiger partial charge in [0.05, 0.1) is 6.04 Å². The van der Waals surface area contributed by atoms with E-state index in [0.29, 0.717) is 25.7 Å². The summed E-state index contributed by atoms with van der Waals surface area (Å²) in [6.45, 7) is 8.18. The lowest BCUT2D eigenvalue weighted by atomic mass is 10.1. The molecule has 0 saturated heterocycles. The minimum Gasteiger partial charge on any atom is -0.486 e. The van der Waals surface area contributed by atoms with Crippen LogP contribution < -0.4 is 20.1 Å². The number of fused-ring (bicyclic) bond motifs is 1. The van der Waals surface area contributed by atoms with Gasteiger partial charge in [0.2, 0.25) is 0 Å². The van der Waals surface area contributed by atoms with Crippen LogP contribution in [-0.2, 0) is 0 Å². The maximum absolute atomic E-state index is 11.9. The highest BCUT2D eigenvalue weighted by molar-refractivity contribution is 5.74. The van der Waals surface area contributed by atoms with Crippen molar-refractivity contribution in [3.05, 3.63) is 23.8 Å². The van der Waals surface area contributed by atoms with E-state index in [1.54, 1.807) is 0 Å². The number of amides is 2. The maximum Gasteiger partial charge on any atom is 0.315 e. The van der Waals surface area contributed by atoms with E-state index in [1.165, 1.54) is 0 Å². The summed E-state index contributed by atoms with van der Waals surface area (Å²) in [5.41, 5.74) is 1.00. The molecule has 1 unspecified atom stereocenters. The van der Waals surface area contributed by atoms with Gasteiger partial charge >= 0.3 is 6.03 Å². The topological polar surface area (TPSA) is 59.6 Å². The number of carbonyl (C=O) groups excluding carboxylic acids is 1. The van der Waals surface area contributed by atoms with Crippen LogP contribution >= 0.6 is 0 Å². The summed E-state index contributed by atoms with van der Waals surface area (Å²) in [6, 6.07) is 5.56. The quantitative estimate of drug-likeness (QED) is 0.793. The van der Waals surface area contributed by atoms with Crippen molar-refractivity contribution in [1.82, 2.24) is 10.6 Å². The Balaban J connectivity index is 1.81. The summed E-state index contributed by atoms with van der Waals surface area (Å²) in [7, 11) is 0. The molecule has 1 heterocycles. The fraction of sp³-hybridized carbons (Fsp3) is 0.588. The monoisotopic (exact) mass is 306 g/mol. The van der Waals surface area contributed by atoms with Crippen molar-refractivity contribution in [2.45, 2.75) is 39.7 Å². The standard InChI is InChI=1S/C17H26N2O3/c1-12(2)5-4-8-18-17(20)19-13(3)14-6-7-15-16(11-14)22-10-9-21-15/h6-7,11-13H,4-5,8-10H2,1-3H3,(H2,18,19,20). The number of hydrogen-bond acceptors (Lipinski definition) is 3. The van der Waals surface area contributed by atoms with Crippen LogP contribution in [-0.4, -0.2) is 25.8 Å². The molecule has 1 aromatic rings. The van der Waals surface area contributed by atoms with E-state index < -0.39 is 0 Å². The molecule has 0 radical (unpaired) electrons. The number of rotatable bonds is 6. The van der Waals surface area contributed by atoms with Gasteiger partial charge in [0.25, 0.3) is 0 Å². The molecule has 22 heavy (non-hydrogen) atoms. The summed E-state index contributed by atoms with van der Waals surface area (Å²) in [5, 5.41) is 5.84. The van der Waals surface area contributed by atoms with Crippen molar-refractivity contribution in [3.8, 4) is 11.5 Å². The molecule has 0 bridgehead atoms. The molecule has 1 aliphatic rings. The van der Waals surface area contributed by atoms with Gasteiger partial charge in [-0.25, -0.2) is 4.79 Å². The van der Waals surface area contributed by atoms with Gasteiger partial charge < -0.3 is 20.1 Å². The van der Waals surface area contributed by atoms with E-state index in [4.69, 9.17) is 9.47 Å². The Morgan fingerprint density at radius 1 is 1.18 bits per heavy atom. The predicted octanol–water partition coefficient (Wildman–Crippen LogP) is 3.25. The van der Waals surface area contributed by atoms with Crippen molar-refractivity contribution >= 4 is 6.03 Å². The van der Waals surface area contributed by atoms with Crippen molar-refractivity contribution in [3.63, 3.8) is 0 Å². The molecule has 0 fully saturated rings. The number of carbonyl (C=O) groups is 1. The lowest BCUT2D eigenvalue weighted by molar-refractivity contribution is 0.171. The van der Waals surface area contributed by atoms with E-state index in [9.17, 15) is 4.79 Å². The first-order chi connectivity index (χ1) is 10.6. The number of benzene rings is 1. The molecule has 0 aliphatic carbocycles. The summed E-state index contributed by atoms with van der Waals surface area (Å²) in [5.74, 6) is 2.18. The van der Waals surface area contributed by atoms with Gasteiger partial charge in [-0.1, -0.05) is 19.9 Å². The molecule has 2 N–H and O–H groups in total. The molecule has 1 aliphatic heterocycles. The summed E-state index contributed by atoms with van der Waals surface area (Å²) in [4.78, 5) is 11.9. The lowest BCUT2D eigenvalue weighted by Crippen LogP contribution is -2.37. The Kier molecular flexibility index (Phi) is 5.92. The molecule has 2 rings (SSSR count). The molecule has 122 valence electrons. The highest BCUT2D eigenvalue weighted by Gasteiger charge is 2.15. The van der Waals surface area contributed by atoms with Gasteiger partial charge in [-0.15, -0.1) is 0 Å². The molecule has 5 nitrogen and oxygen atoms in total. The minimum absolute atomic E-state index is 0.0825. The van der Waals surface area contributed by atoms with Gasteiger partial charge in [-0.05, 0) is 43.4 Å². The van der Waals surface area contributed by atoms with Crippen molar-refractivity contribution < 1.29 is 14.3 Å². The van der Waals surface area contributed by atoms with Crippen molar-refractivity contribution in [2.24, 2.45) is 5.92 Å². The number of urea groups is 1. The number of hydrogen-bond donors (Lipinski definition) is 2. The van der Waals surface area contributed by atoms with Crippen LogP contribution in [0.5, 0.6) is 11.5 Å². The second kappa shape index (κ2) is 7.92. The first-order valence-electron chi connectivity index (χ1n) is 8.00. The highest BCUT2D eigenvalue weighted by atomic mass is 16.6. The van der Waals surface area contributed by atoms with E-state index in [1.807, 2.05) is 25.1 Å². The average Bonchev–Trinajstić information content (AvgIpc) is 2.51. The zero-order valence-electron chi connectivity index (χ0n) is 13.6. The SMILES string of the molecule is CC(C)CCCNC(=O)NC(C)c1ccc2c(c1)OCCO2. The minimum atomic E-state index is -0.133. The second-order valence-electron chi connectivity index (χ2n) is 6.06. The molecule has 2 amide bonds. The third-order valence-electron chi connectivity index (χ3n) is 3.66. The Morgan fingerprint density at radius 3 is 2.64 bits per heavy atom. The van der Waals surface area contributed by atoms with Crippen LogP contribution in [0.15, 0.2) is 18.2 Å². The van der Waals surface area contributed by atoms with Crippen LogP contribution in [0.4, 0.5) is 4.79 Å². The van der Waals surface area contributed by atoms with Crippen LogP contribution in [0.2, 0.25) is 0 Å². The molecule has 0 spiro atoms.